The lowest BCUT2D eigenvalue weighted by atomic mass is 10.2. The van der Waals surface area contributed by atoms with E-state index in [4.69, 9.17) is 9.47 Å². The number of halogens is 1. The second kappa shape index (κ2) is 9.30. The van der Waals surface area contributed by atoms with Gasteiger partial charge in [0.1, 0.15) is 5.82 Å². The van der Waals surface area contributed by atoms with E-state index in [9.17, 15) is 9.18 Å². The number of hydrogen-bond donors (Lipinski definition) is 1. The summed E-state index contributed by atoms with van der Waals surface area (Å²) in [5.41, 5.74) is 1.87. The molecule has 7 heteroatoms. The van der Waals surface area contributed by atoms with Crippen LogP contribution in [-0.2, 0) is 4.79 Å². The van der Waals surface area contributed by atoms with Crippen LogP contribution in [0.3, 0.4) is 0 Å². The summed E-state index contributed by atoms with van der Waals surface area (Å²) in [6.07, 6.45) is 0.422. The number of nitrogens with zero attached hydrogens (tertiary/aromatic N) is 2. The Kier molecular flexibility index (Phi) is 6.57. The molecule has 3 rings (SSSR count). The van der Waals surface area contributed by atoms with Crippen LogP contribution in [0.4, 0.5) is 15.8 Å². The zero-order chi connectivity index (χ0) is 19.9. The van der Waals surface area contributed by atoms with Gasteiger partial charge in [-0.25, -0.2) is 4.39 Å². The van der Waals surface area contributed by atoms with E-state index in [1.165, 1.54) is 12.1 Å². The molecule has 6 nitrogen and oxygen atoms in total. The molecule has 0 spiro atoms. The number of amides is 1. The van der Waals surface area contributed by atoms with Gasteiger partial charge in [-0.2, -0.15) is 0 Å². The van der Waals surface area contributed by atoms with Gasteiger partial charge in [0.15, 0.2) is 11.5 Å². The molecule has 150 valence electrons. The van der Waals surface area contributed by atoms with Gasteiger partial charge in [-0.05, 0) is 36.4 Å². The molecule has 0 atom stereocenters. The molecule has 28 heavy (non-hydrogen) atoms. The van der Waals surface area contributed by atoms with Crippen molar-refractivity contribution >= 4 is 17.3 Å². The molecule has 1 amide bonds. The van der Waals surface area contributed by atoms with Crippen LogP contribution in [0.2, 0.25) is 0 Å². The van der Waals surface area contributed by atoms with Gasteiger partial charge in [-0.15, -0.1) is 0 Å². The number of ether oxygens (including phenoxy) is 2. The number of hydrogen-bond acceptors (Lipinski definition) is 5. The minimum Gasteiger partial charge on any atom is -0.493 e. The molecule has 0 saturated carbocycles. The Morgan fingerprint density at radius 2 is 1.68 bits per heavy atom. The Bertz CT molecular complexity index is 790. The molecule has 1 aliphatic heterocycles. The first-order chi connectivity index (χ1) is 13.6. The van der Waals surface area contributed by atoms with E-state index in [2.05, 4.69) is 10.2 Å². The number of nitrogens with one attached hydrogen (secondary N) is 1. The van der Waals surface area contributed by atoms with Crippen LogP contribution < -0.4 is 19.7 Å². The van der Waals surface area contributed by atoms with E-state index < -0.39 is 0 Å². The van der Waals surface area contributed by atoms with E-state index in [1.54, 1.807) is 26.4 Å². The van der Waals surface area contributed by atoms with Crippen LogP contribution in [0.1, 0.15) is 6.42 Å². The Morgan fingerprint density at radius 3 is 2.32 bits per heavy atom. The van der Waals surface area contributed by atoms with Gasteiger partial charge >= 0.3 is 0 Å². The summed E-state index contributed by atoms with van der Waals surface area (Å²) in [6, 6.07) is 12.1. The van der Waals surface area contributed by atoms with E-state index in [0.29, 0.717) is 37.6 Å². The normalized spacial score (nSPS) is 14.0. The van der Waals surface area contributed by atoms with Crippen molar-refractivity contribution in [2.75, 3.05) is 57.2 Å². The highest BCUT2D eigenvalue weighted by atomic mass is 19.1. The molecule has 1 heterocycles. The summed E-state index contributed by atoms with van der Waals surface area (Å²) < 4.78 is 23.6. The first kappa shape index (κ1) is 19.8. The fourth-order valence-corrected chi connectivity index (χ4v) is 3.28. The Labute approximate surface area is 164 Å². The zero-order valence-electron chi connectivity index (χ0n) is 16.3. The van der Waals surface area contributed by atoms with Crippen molar-refractivity contribution in [3.8, 4) is 11.5 Å². The van der Waals surface area contributed by atoms with E-state index in [-0.39, 0.29) is 11.7 Å². The summed E-state index contributed by atoms with van der Waals surface area (Å²) in [5.74, 6) is 1.21. The number of carbonyl (C=O) groups excluding carboxylic acids is 1. The first-order valence-electron chi connectivity index (χ1n) is 9.35. The van der Waals surface area contributed by atoms with Crippen molar-refractivity contribution in [1.29, 1.82) is 0 Å². The lowest BCUT2D eigenvalue weighted by Crippen LogP contribution is -2.49. The molecule has 1 aliphatic rings. The van der Waals surface area contributed by atoms with Crippen molar-refractivity contribution in [2.24, 2.45) is 0 Å². The molecule has 0 aliphatic carbocycles. The van der Waals surface area contributed by atoms with Crippen LogP contribution in [-0.4, -0.2) is 57.8 Å². The van der Waals surface area contributed by atoms with Crippen LogP contribution in [0.15, 0.2) is 42.5 Å². The highest BCUT2D eigenvalue weighted by Crippen LogP contribution is 2.29. The van der Waals surface area contributed by atoms with Crippen molar-refractivity contribution in [2.45, 2.75) is 6.42 Å². The Balaban J connectivity index is 1.44. The number of piperazine rings is 1. The van der Waals surface area contributed by atoms with Gasteiger partial charge in [0.2, 0.25) is 5.91 Å². The fourth-order valence-electron chi connectivity index (χ4n) is 3.28. The Hall–Kier alpha value is -2.96. The maximum Gasteiger partial charge on any atom is 0.224 e. The van der Waals surface area contributed by atoms with Crippen LogP contribution in [0, 0.1) is 5.82 Å². The summed E-state index contributed by atoms with van der Waals surface area (Å²) in [6.45, 7) is 3.40. The van der Waals surface area contributed by atoms with Gasteiger partial charge in [0.25, 0.3) is 0 Å². The minimum atomic E-state index is -0.237. The van der Waals surface area contributed by atoms with Gasteiger partial charge in [0, 0.05) is 56.6 Å². The summed E-state index contributed by atoms with van der Waals surface area (Å²) >= 11 is 0. The van der Waals surface area contributed by atoms with Gasteiger partial charge in [-0.3, -0.25) is 4.79 Å². The number of carbonyl (C=O) groups is 1. The first-order valence-corrected chi connectivity index (χ1v) is 9.35. The summed E-state index contributed by atoms with van der Waals surface area (Å²) in [7, 11) is 3.19. The predicted molar refractivity (Wildman–Crippen MR) is 108 cm³/mol. The minimum absolute atomic E-state index is 0.131. The van der Waals surface area contributed by atoms with Crippen LogP contribution in [0.5, 0.6) is 11.5 Å². The predicted octanol–water partition coefficient (Wildman–Crippen LogP) is 2.99. The number of rotatable bonds is 7. The summed E-state index contributed by atoms with van der Waals surface area (Å²) in [4.78, 5) is 16.5. The molecule has 1 N–H and O–H groups in total. The molecular weight excluding hydrogens is 361 g/mol. The van der Waals surface area contributed by atoms with Gasteiger partial charge in [0.05, 0.1) is 14.2 Å². The van der Waals surface area contributed by atoms with Crippen molar-refractivity contribution in [3.63, 3.8) is 0 Å². The van der Waals surface area contributed by atoms with Gasteiger partial charge < -0.3 is 24.6 Å². The number of anilines is 2. The molecule has 1 fully saturated rings. The number of methoxy groups -OCH3 is 2. The fraction of sp³-hybridized carbons (Fsp3) is 0.381. The molecular formula is C21H26FN3O3. The molecule has 0 unspecified atom stereocenters. The maximum absolute atomic E-state index is 13.1. The number of benzene rings is 2. The van der Waals surface area contributed by atoms with Gasteiger partial charge in [-0.1, -0.05) is 0 Å². The third-order valence-electron chi connectivity index (χ3n) is 4.88. The largest absolute Gasteiger partial charge is 0.493 e. The molecule has 2 aromatic carbocycles. The van der Waals surface area contributed by atoms with Crippen molar-refractivity contribution < 1.29 is 18.7 Å². The van der Waals surface area contributed by atoms with Crippen LogP contribution in [0.25, 0.3) is 0 Å². The summed E-state index contributed by atoms with van der Waals surface area (Å²) in [5, 5.41) is 3.25. The third kappa shape index (κ3) is 4.85. The smallest absolute Gasteiger partial charge is 0.224 e. The van der Waals surface area contributed by atoms with E-state index in [1.807, 2.05) is 23.1 Å². The zero-order valence-corrected chi connectivity index (χ0v) is 16.3. The monoisotopic (exact) mass is 387 g/mol. The van der Waals surface area contributed by atoms with Crippen molar-refractivity contribution in [3.05, 3.63) is 48.3 Å². The van der Waals surface area contributed by atoms with Crippen molar-refractivity contribution in [1.82, 2.24) is 4.90 Å². The molecule has 0 radical (unpaired) electrons. The quantitative estimate of drug-likeness (QED) is 0.792. The molecule has 2 aromatic rings. The molecule has 0 bridgehead atoms. The molecule has 0 aromatic heterocycles. The average molecular weight is 387 g/mol. The highest BCUT2D eigenvalue weighted by molar-refractivity contribution is 5.77. The lowest BCUT2D eigenvalue weighted by molar-refractivity contribution is -0.131. The molecule has 1 saturated heterocycles. The standard InChI is InChI=1S/C21H26FN3O3/c1-27-19-8-5-17(15-20(19)28-2)23-10-9-21(26)25-13-11-24(12-14-25)18-6-3-16(22)4-7-18/h3-8,15,23H,9-14H2,1-2H3. The SMILES string of the molecule is COc1ccc(NCCC(=O)N2CCN(c3ccc(F)cc3)CC2)cc1OC. The lowest BCUT2D eigenvalue weighted by Gasteiger charge is -2.36. The Morgan fingerprint density at radius 1 is 1.00 bits per heavy atom. The second-order valence-corrected chi connectivity index (χ2v) is 6.59. The third-order valence-corrected chi connectivity index (χ3v) is 4.88. The topological polar surface area (TPSA) is 54.0 Å². The van der Waals surface area contributed by atoms with E-state index >= 15 is 0 Å². The highest BCUT2D eigenvalue weighted by Gasteiger charge is 2.21. The maximum atomic E-state index is 13.1. The second-order valence-electron chi connectivity index (χ2n) is 6.59. The van der Waals surface area contributed by atoms with E-state index in [0.717, 1.165) is 24.5 Å². The average Bonchev–Trinajstić information content (AvgIpc) is 2.74. The van der Waals surface area contributed by atoms with Crippen LogP contribution >= 0.6 is 0 Å².